The van der Waals surface area contributed by atoms with Gasteiger partial charge >= 0.3 is 0 Å². The molecule has 0 aliphatic rings. The van der Waals surface area contributed by atoms with Crippen LogP contribution in [0.2, 0.25) is 5.02 Å². The summed E-state index contributed by atoms with van der Waals surface area (Å²) in [6.45, 7) is 0. The number of benzene rings is 2. The molecule has 3 nitrogen and oxygen atoms in total. The van der Waals surface area contributed by atoms with Crippen LogP contribution in [0, 0.1) is 0 Å². The standard InChI is InChI=1S/C17H14ClNO2S/c1-20-14-6-2-12(3-7-14)17-10-15(21-19-17)11-22-16-8-4-13(18)5-9-16/h2-10H,11H2,1H3. The van der Waals surface area contributed by atoms with Gasteiger partial charge in [-0.05, 0) is 48.5 Å². The van der Waals surface area contributed by atoms with Crippen molar-refractivity contribution in [1.82, 2.24) is 5.16 Å². The minimum atomic E-state index is 0.727. The van der Waals surface area contributed by atoms with Crippen molar-refractivity contribution in [3.05, 3.63) is 65.4 Å². The molecule has 0 N–H and O–H groups in total. The molecule has 0 spiro atoms. The first-order chi connectivity index (χ1) is 10.7. The second kappa shape index (κ2) is 6.90. The Morgan fingerprint density at radius 2 is 1.82 bits per heavy atom. The Bertz CT molecular complexity index is 738. The van der Waals surface area contributed by atoms with E-state index in [9.17, 15) is 0 Å². The number of ether oxygens (including phenoxy) is 1. The number of aromatic nitrogens is 1. The van der Waals surface area contributed by atoms with Gasteiger partial charge in [-0.3, -0.25) is 0 Å². The van der Waals surface area contributed by atoms with E-state index in [0.29, 0.717) is 0 Å². The van der Waals surface area contributed by atoms with Crippen molar-refractivity contribution in [1.29, 1.82) is 0 Å². The minimum absolute atomic E-state index is 0.727. The zero-order valence-electron chi connectivity index (χ0n) is 12.0. The Kier molecular flexibility index (Phi) is 4.71. The molecule has 5 heteroatoms. The second-order valence-electron chi connectivity index (χ2n) is 4.65. The fraction of sp³-hybridized carbons (Fsp3) is 0.118. The maximum absolute atomic E-state index is 5.87. The molecular weight excluding hydrogens is 318 g/mol. The lowest BCUT2D eigenvalue weighted by Gasteiger charge is -1.99. The first kappa shape index (κ1) is 15.0. The maximum atomic E-state index is 5.87. The summed E-state index contributed by atoms with van der Waals surface area (Å²) in [4.78, 5) is 1.15. The van der Waals surface area contributed by atoms with Crippen molar-refractivity contribution in [3.8, 4) is 17.0 Å². The van der Waals surface area contributed by atoms with Crippen LogP contribution >= 0.6 is 23.4 Å². The van der Waals surface area contributed by atoms with Crippen LogP contribution in [0.5, 0.6) is 5.75 Å². The number of halogens is 1. The summed E-state index contributed by atoms with van der Waals surface area (Å²) in [5, 5.41) is 4.86. The molecule has 0 amide bonds. The van der Waals surface area contributed by atoms with Crippen molar-refractivity contribution in [2.24, 2.45) is 0 Å². The minimum Gasteiger partial charge on any atom is -0.497 e. The molecule has 0 fully saturated rings. The lowest BCUT2D eigenvalue weighted by atomic mass is 10.1. The molecule has 0 saturated carbocycles. The van der Waals surface area contributed by atoms with Crippen LogP contribution in [0.25, 0.3) is 11.3 Å². The van der Waals surface area contributed by atoms with Crippen LogP contribution in [-0.4, -0.2) is 12.3 Å². The van der Waals surface area contributed by atoms with E-state index < -0.39 is 0 Å². The molecule has 0 atom stereocenters. The molecule has 0 aliphatic carbocycles. The summed E-state index contributed by atoms with van der Waals surface area (Å²) in [7, 11) is 1.65. The first-order valence-electron chi connectivity index (χ1n) is 6.73. The molecule has 1 heterocycles. The van der Waals surface area contributed by atoms with Crippen molar-refractivity contribution in [3.63, 3.8) is 0 Å². The van der Waals surface area contributed by atoms with Crippen LogP contribution in [-0.2, 0) is 5.75 Å². The summed E-state index contributed by atoms with van der Waals surface area (Å²) < 4.78 is 10.5. The predicted octanol–water partition coefficient (Wildman–Crippen LogP) is 5.30. The van der Waals surface area contributed by atoms with Crippen molar-refractivity contribution >= 4 is 23.4 Å². The molecule has 22 heavy (non-hydrogen) atoms. The highest BCUT2D eigenvalue weighted by molar-refractivity contribution is 7.98. The highest BCUT2D eigenvalue weighted by Crippen LogP contribution is 2.27. The molecule has 3 aromatic rings. The maximum Gasteiger partial charge on any atom is 0.147 e. The van der Waals surface area contributed by atoms with Gasteiger partial charge in [0.1, 0.15) is 17.2 Å². The third-order valence-electron chi connectivity index (χ3n) is 3.14. The quantitative estimate of drug-likeness (QED) is 0.594. The Morgan fingerprint density at radius 1 is 1.09 bits per heavy atom. The SMILES string of the molecule is COc1ccc(-c2cc(CSc3ccc(Cl)cc3)on2)cc1. The summed E-state index contributed by atoms with van der Waals surface area (Å²) >= 11 is 7.56. The number of thioether (sulfide) groups is 1. The Morgan fingerprint density at radius 3 is 2.50 bits per heavy atom. The van der Waals surface area contributed by atoms with E-state index in [1.807, 2.05) is 54.6 Å². The third kappa shape index (κ3) is 3.64. The van der Waals surface area contributed by atoms with Gasteiger partial charge in [-0.15, -0.1) is 11.8 Å². The van der Waals surface area contributed by atoms with Gasteiger partial charge in [0.25, 0.3) is 0 Å². The van der Waals surface area contributed by atoms with Crippen LogP contribution in [0.1, 0.15) is 5.76 Å². The Balaban J connectivity index is 1.66. The molecule has 3 rings (SSSR count). The van der Waals surface area contributed by atoms with Crippen LogP contribution in [0.3, 0.4) is 0 Å². The van der Waals surface area contributed by atoms with E-state index in [4.69, 9.17) is 20.9 Å². The lowest BCUT2D eigenvalue weighted by molar-refractivity contribution is 0.397. The molecule has 0 aliphatic heterocycles. The Labute approximate surface area is 138 Å². The average molecular weight is 332 g/mol. The summed E-state index contributed by atoms with van der Waals surface area (Å²) in [6.07, 6.45) is 0. The molecule has 0 unspecified atom stereocenters. The van der Waals surface area contributed by atoms with E-state index in [1.54, 1.807) is 18.9 Å². The molecule has 2 aromatic carbocycles. The van der Waals surface area contributed by atoms with Crippen LogP contribution < -0.4 is 4.74 Å². The van der Waals surface area contributed by atoms with Gasteiger partial charge in [0.05, 0.1) is 12.9 Å². The highest BCUT2D eigenvalue weighted by Gasteiger charge is 2.07. The fourth-order valence-corrected chi connectivity index (χ4v) is 2.86. The second-order valence-corrected chi connectivity index (χ2v) is 6.13. The molecular formula is C17H14ClNO2S. The van der Waals surface area contributed by atoms with Gasteiger partial charge in [0, 0.05) is 21.5 Å². The van der Waals surface area contributed by atoms with Crippen LogP contribution in [0.4, 0.5) is 0 Å². The van der Waals surface area contributed by atoms with Crippen molar-refractivity contribution in [2.45, 2.75) is 10.6 Å². The normalized spacial score (nSPS) is 10.6. The highest BCUT2D eigenvalue weighted by atomic mass is 35.5. The first-order valence-corrected chi connectivity index (χ1v) is 8.09. The van der Waals surface area contributed by atoms with E-state index in [-0.39, 0.29) is 0 Å². The summed E-state index contributed by atoms with van der Waals surface area (Å²) in [5.41, 5.74) is 1.83. The number of nitrogens with zero attached hydrogens (tertiary/aromatic N) is 1. The Hall–Kier alpha value is -1.91. The molecule has 0 radical (unpaired) electrons. The van der Waals surface area contributed by atoms with Gasteiger partial charge in [0.2, 0.25) is 0 Å². The molecule has 112 valence electrons. The van der Waals surface area contributed by atoms with Crippen LogP contribution in [0.15, 0.2) is 64.0 Å². The van der Waals surface area contributed by atoms with Crippen molar-refractivity contribution < 1.29 is 9.26 Å². The van der Waals surface area contributed by atoms with E-state index in [2.05, 4.69) is 5.16 Å². The summed E-state index contributed by atoms with van der Waals surface area (Å²) in [6, 6.07) is 17.5. The largest absolute Gasteiger partial charge is 0.497 e. The third-order valence-corrected chi connectivity index (χ3v) is 4.43. The fourth-order valence-electron chi connectivity index (χ4n) is 1.96. The number of hydrogen-bond acceptors (Lipinski definition) is 4. The zero-order chi connectivity index (χ0) is 15.4. The van der Waals surface area contributed by atoms with Gasteiger partial charge in [-0.25, -0.2) is 0 Å². The van der Waals surface area contributed by atoms with E-state index in [1.165, 1.54) is 0 Å². The van der Waals surface area contributed by atoms with E-state index in [0.717, 1.165) is 38.4 Å². The van der Waals surface area contributed by atoms with Gasteiger partial charge < -0.3 is 9.26 Å². The smallest absolute Gasteiger partial charge is 0.147 e. The molecule has 0 bridgehead atoms. The van der Waals surface area contributed by atoms with Gasteiger partial charge in [0.15, 0.2) is 0 Å². The number of hydrogen-bond donors (Lipinski definition) is 0. The molecule has 1 aromatic heterocycles. The monoisotopic (exact) mass is 331 g/mol. The lowest BCUT2D eigenvalue weighted by Crippen LogP contribution is -1.82. The summed E-state index contributed by atoms with van der Waals surface area (Å²) in [5.74, 6) is 2.39. The average Bonchev–Trinajstić information content (AvgIpc) is 3.03. The van der Waals surface area contributed by atoms with Gasteiger partial charge in [-0.2, -0.15) is 0 Å². The van der Waals surface area contributed by atoms with E-state index >= 15 is 0 Å². The predicted molar refractivity (Wildman–Crippen MR) is 89.5 cm³/mol. The van der Waals surface area contributed by atoms with Crippen molar-refractivity contribution in [2.75, 3.05) is 7.11 Å². The zero-order valence-corrected chi connectivity index (χ0v) is 13.5. The van der Waals surface area contributed by atoms with Gasteiger partial charge in [-0.1, -0.05) is 16.8 Å². The number of rotatable bonds is 5. The number of methoxy groups -OCH3 is 1. The topological polar surface area (TPSA) is 35.3 Å². The molecule has 0 saturated heterocycles.